The summed E-state index contributed by atoms with van der Waals surface area (Å²) in [5.41, 5.74) is 2.21. The molecule has 6 nitrogen and oxygen atoms in total. The van der Waals surface area contributed by atoms with Crippen LogP contribution in [0.1, 0.15) is 56.1 Å². The molecule has 2 aliphatic carbocycles. The average molecular weight is 398 g/mol. The number of amides is 1. The fourth-order valence-corrected chi connectivity index (χ4v) is 3.91. The lowest BCUT2D eigenvalue weighted by Crippen LogP contribution is -2.51. The Hall–Kier alpha value is -2.70. The van der Waals surface area contributed by atoms with Crippen molar-refractivity contribution in [2.45, 2.75) is 57.4 Å². The van der Waals surface area contributed by atoms with E-state index < -0.39 is 0 Å². The number of alkyl carbamates (subject to hydrolysis) is 1. The zero-order chi connectivity index (χ0) is 20.4. The monoisotopic (exact) mass is 398 g/mol. The molecule has 0 aliphatic heterocycles. The molecule has 2 aromatic rings. The second-order valence-corrected chi connectivity index (χ2v) is 8.62. The summed E-state index contributed by atoms with van der Waals surface area (Å²) in [4.78, 5) is 20.5. The van der Waals surface area contributed by atoms with Gasteiger partial charge in [0.1, 0.15) is 5.82 Å². The van der Waals surface area contributed by atoms with E-state index in [0.717, 1.165) is 43.2 Å². The van der Waals surface area contributed by atoms with Crippen molar-refractivity contribution in [2.75, 3.05) is 11.9 Å². The van der Waals surface area contributed by atoms with Crippen LogP contribution in [0.15, 0.2) is 30.6 Å². The number of carbonyl (C=O) groups is 1. The molecule has 1 heterocycles. The molecular weight excluding hydrogens is 371 g/mol. The van der Waals surface area contributed by atoms with Crippen LogP contribution in [-0.4, -0.2) is 28.2 Å². The van der Waals surface area contributed by atoms with E-state index in [9.17, 15) is 9.18 Å². The van der Waals surface area contributed by atoms with Gasteiger partial charge >= 0.3 is 6.09 Å². The van der Waals surface area contributed by atoms with Crippen LogP contribution in [0, 0.1) is 18.7 Å². The van der Waals surface area contributed by atoms with Crippen molar-refractivity contribution >= 4 is 17.7 Å². The molecule has 2 N–H and O–H groups in total. The molecule has 29 heavy (non-hydrogen) atoms. The van der Waals surface area contributed by atoms with Gasteiger partial charge in [0, 0.05) is 17.9 Å². The molecular formula is C22H27FN4O2. The normalized spacial score (nSPS) is 22.2. The second-order valence-electron chi connectivity index (χ2n) is 8.62. The second kappa shape index (κ2) is 7.97. The molecule has 4 rings (SSSR count). The van der Waals surface area contributed by atoms with Crippen LogP contribution >= 0.6 is 0 Å². The van der Waals surface area contributed by atoms with E-state index in [0.29, 0.717) is 30.1 Å². The number of hydrogen-bond acceptors (Lipinski definition) is 5. The SMILES string of the molecule is Cc1ccc(Nc2ncc(C3CC(COC(=O)NC4(C)CCC4)C3)cn2)c(F)c1. The molecule has 1 aromatic heterocycles. The van der Waals surface area contributed by atoms with Crippen molar-refractivity contribution in [1.82, 2.24) is 15.3 Å². The molecule has 0 radical (unpaired) electrons. The molecule has 0 bridgehead atoms. The molecule has 2 saturated carbocycles. The van der Waals surface area contributed by atoms with Gasteiger partial charge in [-0.2, -0.15) is 0 Å². The van der Waals surface area contributed by atoms with Crippen molar-refractivity contribution in [3.8, 4) is 0 Å². The number of nitrogens with one attached hydrogen (secondary N) is 2. The molecule has 0 unspecified atom stereocenters. The van der Waals surface area contributed by atoms with Crippen molar-refractivity contribution in [2.24, 2.45) is 5.92 Å². The summed E-state index contributed by atoms with van der Waals surface area (Å²) in [7, 11) is 0. The number of carbonyl (C=O) groups excluding carboxylic acids is 1. The molecule has 0 atom stereocenters. The molecule has 2 fully saturated rings. The van der Waals surface area contributed by atoms with Crippen LogP contribution in [-0.2, 0) is 4.74 Å². The van der Waals surface area contributed by atoms with Crippen LogP contribution in [0.3, 0.4) is 0 Å². The first-order chi connectivity index (χ1) is 13.9. The number of aromatic nitrogens is 2. The maximum atomic E-state index is 13.9. The Kier molecular flexibility index (Phi) is 5.39. The van der Waals surface area contributed by atoms with E-state index in [2.05, 4.69) is 27.5 Å². The lowest BCUT2D eigenvalue weighted by molar-refractivity contribution is 0.0797. The molecule has 0 saturated heterocycles. The largest absolute Gasteiger partial charge is 0.449 e. The zero-order valence-electron chi connectivity index (χ0n) is 16.9. The maximum Gasteiger partial charge on any atom is 0.407 e. The van der Waals surface area contributed by atoms with Crippen LogP contribution in [0.2, 0.25) is 0 Å². The van der Waals surface area contributed by atoms with Crippen LogP contribution < -0.4 is 10.6 Å². The lowest BCUT2D eigenvalue weighted by atomic mass is 9.72. The standard InChI is InChI=1S/C22H27FN4O2/c1-14-4-5-19(18(23)8-14)26-20-24-11-17(12-25-20)16-9-15(10-16)13-29-21(28)27-22(2)6-3-7-22/h4-5,8,11-12,15-16H,3,6-7,9-10,13H2,1-2H3,(H,27,28)(H,24,25,26). The summed E-state index contributed by atoms with van der Waals surface area (Å²) in [6, 6.07) is 4.99. The van der Waals surface area contributed by atoms with E-state index in [-0.39, 0.29) is 17.4 Å². The highest BCUT2D eigenvalue weighted by atomic mass is 19.1. The Morgan fingerprint density at radius 3 is 2.62 bits per heavy atom. The minimum absolute atomic E-state index is 0.0755. The van der Waals surface area contributed by atoms with Gasteiger partial charge in [0.15, 0.2) is 0 Å². The van der Waals surface area contributed by atoms with Gasteiger partial charge in [-0.15, -0.1) is 0 Å². The lowest BCUT2D eigenvalue weighted by Gasteiger charge is -2.39. The number of rotatable bonds is 6. The van der Waals surface area contributed by atoms with Gasteiger partial charge in [0.05, 0.1) is 12.3 Å². The van der Waals surface area contributed by atoms with Crippen molar-refractivity contribution in [3.05, 3.63) is 47.5 Å². The Morgan fingerprint density at radius 2 is 2.00 bits per heavy atom. The number of ether oxygens (including phenoxy) is 1. The van der Waals surface area contributed by atoms with Gasteiger partial charge in [-0.3, -0.25) is 0 Å². The molecule has 1 amide bonds. The molecule has 0 spiro atoms. The van der Waals surface area contributed by atoms with E-state index in [1.165, 1.54) is 6.07 Å². The highest BCUT2D eigenvalue weighted by molar-refractivity contribution is 5.68. The van der Waals surface area contributed by atoms with Crippen LogP contribution in [0.5, 0.6) is 0 Å². The minimum Gasteiger partial charge on any atom is -0.449 e. The summed E-state index contributed by atoms with van der Waals surface area (Å²) < 4.78 is 19.3. The molecule has 154 valence electrons. The van der Waals surface area contributed by atoms with Gasteiger partial charge < -0.3 is 15.4 Å². The van der Waals surface area contributed by atoms with Crippen LogP contribution in [0.4, 0.5) is 20.8 Å². The molecule has 7 heteroatoms. The molecule has 2 aliphatic rings. The first-order valence-corrected chi connectivity index (χ1v) is 10.2. The van der Waals surface area contributed by atoms with Crippen molar-refractivity contribution < 1.29 is 13.9 Å². The average Bonchev–Trinajstić information content (AvgIpc) is 2.62. The smallest absolute Gasteiger partial charge is 0.407 e. The number of benzene rings is 1. The third-order valence-electron chi connectivity index (χ3n) is 6.06. The van der Waals surface area contributed by atoms with Gasteiger partial charge in [0.2, 0.25) is 5.95 Å². The first kappa shape index (κ1) is 19.6. The van der Waals surface area contributed by atoms with E-state index in [1.54, 1.807) is 18.5 Å². The van der Waals surface area contributed by atoms with E-state index in [1.807, 2.05) is 13.0 Å². The van der Waals surface area contributed by atoms with Gasteiger partial charge in [-0.25, -0.2) is 19.2 Å². The highest BCUT2D eigenvalue weighted by Gasteiger charge is 2.35. The highest BCUT2D eigenvalue weighted by Crippen LogP contribution is 2.41. The van der Waals surface area contributed by atoms with E-state index >= 15 is 0 Å². The Balaban J connectivity index is 1.22. The van der Waals surface area contributed by atoms with Crippen molar-refractivity contribution in [1.29, 1.82) is 0 Å². The van der Waals surface area contributed by atoms with Crippen molar-refractivity contribution in [3.63, 3.8) is 0 Å². The topological polar surface area (TPSA) is 76.1 Å². The summed E-state index contributed by atoms with van der Waals surface area (Å²) in [6.45, 7) is 4.35. The minimum atomic E-state index is -0.324. The fourth-order valence-electron chi connectivity index (χ4n) is 3.91. The third kappa shape index (κ3) is 4.66. The first-order valence-electron chi connectivity index (χ1n) is 10.2. The van der Waals surface area contributed by atoms with E-state index in [4.69, 9.17) is 4.74 Å². The predicted octanol–water partition coefficient (Wildman–Crippen LogP) is 4.83. The Bertz CT molecular complexity index is 877. The number of aryl methyl sites for hydroxylation is 1. The summed E-state index contributed by atoms with van der Waals surface area (Å²) in [5, 5.41) is 5.87. The molecule has 1 aromatic carbocycles. The number of anilines is 2. The summed E-state index contributed by atoms with van der Waals surface area (Å²) in [5.74, 6) is 0.798. The number of hydrogen-bond donors (Lipinski definition) is 2. The van der Waals surface area contributed by atoms with Gasteiger partial charge in [-0.05, 0) is 81.0 Å². The third-order valence-corrected chi connectivity index (χ3v) is 6.06. The number of nitrogens with zero attached hydrogens (tertiary/aromatic N) is 2. The van der Waals surface area contributed by atoms with Gasteiger partial charge in [-0.1, -0.05) is 6.07 Å². The number of halogens is 1. The predicted molar refractivity (Wildman–Crippen MR) is 109 cm³/mol. The maximum absolute atomic E-state index is 13.9. The Morgan fingerprint density at radius 1 is 1.28 bits per heavy atom. The fraction of sp³-hybridized carbons (Fsp3) is 0.500. The van der Waals surface area contributed by atoms with Gasteiger partial charge in [0.25, 0.3) is 0 Å². The Labute approximate surface area is 170 Å². The summed E-state index contributed by atoms with van der Waals surface area (Å²) >= 11 is 0. The summed E-state index contributed by atoms with van der Waals surface area (Å²) in [6.07, 6.45) is 8.38. The quantitative estimate of drug-likeness (QED) is 0.729. The van der Waals surface area contributed by atoms with Crippen LogP contribution in [0.25, 0.3) is 0 Å². The zero-order valence-corrected chi connectivity index (χ0v) is 16.9.